The molecule has 3 aliphatic rings. The Bertz CT molecular complexity index is 282. The zero-order valence-corrected chi connectivity index (χ0v) is 10.7. The van der Waals surface area contributed by atoms with Gasteiger partial charge in [0.2, 0.25) is 5.91 Å². The van der Waals surface area contributed by atoms with Crippen LogP contribution < -0.4 is 5.32 Å². The highest BCUT2D eigenvalue weighted by Gasteiger charge is 2.36. The van der Waals surface area contributed by atoms with E-state index in [0.29, 0.717) is 11.8 Å². The smallest absolute Gasteiger partial charge is 0.225 e. The molecule has 0 radical (unpaired) electrons. The Morgan fingerprint density at radius 2 is 1.76 bits per heavy atom. The van der Waals surface area contributed by atoms with Gasteiger partial charge in [-0.25, -0.2) is 0 Å². The van der Waals surface area contributed by atoms with Gasteiger partial charge in [-0.05, 0) is 57.0 Å². The van der Waals surface area contributed by atoms with Crippen molar-refractivity contribution in [1.29, 1.82) is 0 Å². The van der Waals surface area contributed by atoms with Gasteiger partial charge in [-0.2, -0.15) is 0 Å². The highest BCUT2D eigenvalue weighted by atomic mass is 16.2. The molecule has 0 aromatic rings. The molecule has 0 aromatic carbocycles. The fourth-order valence-corrected chi connectivity index (χ4v) is 3.60. The van der Waals surface area contributed by atoms with E-state index >= 15 is 0 Å². The molecule has 17 heavy (non-hydrogen) atoms. The Morgan fingerprint density at radius 3 is 2.41 bits per heavy atom. The monoisotopic (exact) mass is 236 g/mol. The van der Waals surface area contributed by atoms with Crippen LogP contribution in [0.3, 0.4) is 0 Å². The third-order valence-corrected chi connectivity index (χ3v) is 5.04. The van der Waals surface area contributed by atoms with Gasteiger partial charge in [0.15, 0.2) is 0 Å². The van der Waals surface area contributed by atoms with Gasteiger partial charge in [0, 0.05) is 19.0 Å². The average molecular weight is 236 g/mol. The van der Waals surface area contributed by atoms with Crippen molar-refractivity contribution >= 4 is 5.91 Å². The number of nitrogens with one attached hydrogen (secondary N) is 1. The molecule has 0 spiro atoms. The second-order valence-corrected chi connectivity index (χ2v) is 6.05. The number of likely N-dealkylation sites (tertiary alicyclic amines) is 1. The van der Waals surface area contributed by atoms with Crippen LogP contribution in [0.5, 0.6) is 0 Å². The molecule has 2 heterocycles. The third kappa shape index (κ3) is 2.35. The molecule has 1 saturated carbocycles. The summed E-state index contributed by atoms with van der Waals surface area (Å²) in [6.07, 6.45) is 7.44. The summed E-state index contributed by atoms with van der Waals surface area (Å²) in [6, 6.07) is 0. The lowest BCUT2D eigenvalue weighted by atomic mass is 9.83. The standard InChI is InChI=1S/C14H24N2O/c17-14(12-2-1-3-12)16-9-6-13(10-16)11-4-7-15-8-5-11/h11-13,15H,1-10H2. The molecular weight excluding hydrogens is 212 g/mol. The molecule has 0 aromatic heterocycles. The zero-order valence-electron chi connectivity index (χ0n) is 10.7. The number of carbonyl (C=O) groups excluding carboxylic acids is 1. The van der Waals surface area contributed by atoms with E-state index in [0.717, 1.165) is 37.8 Å². The summed E-state index contributed by atoms with van der Waals surface area (Å²) in [5.74, 6) is 2.52. The van der Waals surface area contributed by atoms with Crippen molar-refractivity contribution in [2.24, 2.45) is 17.8 Å². The van der Waals surface area contributed by atoms with E-state index in [1.807, 2.05) is 0 Å². The van der Waals surface area contributed by atoms with Crippen LogP contribution in [0.1, 0.15) is 38.5 Å². The molecule has 3 heteroatoms. The first-order valence-electron chi connectivity index (χ1n) is 7.34. The predicted molar refractivity (Wildman–Crippen MR) is 67.6 cm³/mol. The molecule has 1 aliphatic carbocycles. The van der Waals surface area contributed by atoms with Gasteiger partial charge in [0.05, 0.1) is 0 Å². The number of nitrogens with zero attached hydrogens (tertiary/aromatic N) is 1. The molecule has 1 N–H and O–H groups in total. The summed E-state index contributed by atoms with van der Waals surface area (Å²) in [4.78, 5) is 14.3. The first kappa shape index (κ1) is 11.5. The second-order valence-electron chi connectivity index (χ2n) is 6.05. The van der Waals surface area contributed by atoms with Crippen molar-refractivity contribution in [1.82, 2.24) is 10.2 Å². The fourth-order valence-electron chi connectivity index (χ4n) is 3.60. The van der Waals surface area contributed by atoms with Gasteiger partial charge in [0.1, 0.15) is 0 Å². The van der Waals surface area contributed by atoms with E-state index in [4.69, 9.17) is 0 Å². The van der Waals surface area contributed by atoms with Crippen LogP contribution in [-0.2, 0) is 4.79 Å². The van der Waals surface area contributed by atoms with Crippen LogP contribution in [0.25, 0.3) is 0 Å². The molecule has 1 amide bonds. The predicted octanol–water partition coefficient (Wildman–Crippen LogP) is 1.63. The number of piperidine rings is 1. The minimum absolute atomic E-state index is 0.391. The minimum Gasteiger partial charge on any atom is -0.342 e. The van der Waals surface area contributed by atoms with Crippen LogP contribution >= 0.6 is 0 Å². The first-order valence-corrected chi connectivity index (χ1v) is 7.34. The van der Waals surface area contributed by atoms with Crippen LogP contribution in [0.4, 0.5) is 0 Å². The average Bonchev–Trinajstić information content (AvgIpc) is 2.77. The van der Waals surface area contributed by atoms with E-state index in [2.05, 4.69) is 10.2 Å². The number of hydrogen-bond acceptors (Lipinski definition) is 2. The van der Waals surface area contributed by atoms with E-state index in [-0.39, 0.29) is 0 Å². The molecule has 1 unspecified atom stereocenters. The minimum atomic E-state index is 0.391. The van der Waals surface area contributed by atoms with Crippen LogP contribution in [0, 0.1) is 17.8 Å². The molecule has 3 nitrogen and oxygen atoms in total. The largest absolute Gasteiger partial charge is 0.342 e. The van der Waals surface area contributed by atoms with Crippen LogP contribution in [-0.4, -0.2) is 37.0 Å². The molecule has 3 rings (SSSR count). The van der Waals surface area contributed by atoms with Crippen molar-refractivity contribution < 1.29 is 4.79 Å². The topological polar surface area (TPSA) is 32.3 Å². The Morgan fingerprint density at radius 1 is 1.00 bits per heavy atom. The fraction of sp³-hybridized carbons (Fsp3) is 0.929. The summed E-state index contributed by atoms with van der Waals surface area (Å²) in [5, 5.41) is 3.43. The first-order chi connectivity index (χ1) is 8.34. The van der Waals surface area contributed by atoms with Crippen molar-refractivity contribution in [2.75, 3.05) is 26.2 Å². The highest BCUT2D eigenvalue weighted by molar-refractivity contribution is 5.79. The Hall–Kier alpha value is -0.570. The van der Waals surface area contributed by atoms with E-state index < -0.39 is 0 Å². The van der Waals surface area contributed by atoms with E-state index in [9.17, 15) is 4.79 Å². The maximum absolute atomic E-state index is 12.2. The Kier molecular flexibility index (Phi) is 3.37. The lowest BCUT2D eigenvalue weighted by molar-refractivity contribution is -0.137. The van der Waals surface area contributed by atoms with Gasteiger partial charge in [-0.1, -0.05) is 6.42 Å². The number of rotatable bonds is 2. The third-order valence-electron chi connectivity index (χ3n) is 5.04. The quantitative estimate of drug-likeness (QED) is 0.790. The lowest BCUT2D eigenvalue weighted by Crippen LogP contribution is -2.38. The van der Waals surface area contributed by atoms with Gasteiger partial charge in [0.25, 0.3) is 0 Å². The molecule has 2 saturated heterocycles. The summed E-state index contributed by atoms with van der Waals surface area (Å²) in [5.41, 5.74) is 0. The van der Waals surface area contributed by atoms with Crippen molar-refractivity contribution in [2.45, 2.75) is 38.5 Å². The summed E-state index contributed by atoms with van der Waals surface area (Å²) in [7, 11) is 0. The molecular formula is C14H24N2O. The summed E-state index contributed by atoms with van der Waals surface area (Å²) in [6.45, 7) is 4.44. The summed E-state index contributed by atoms with van der Waals surface area (Å²) >= 11 is 0. The SMILES string of the molecule is O=C(C1CCC1)N1CCC(C2CCNCC2)C1. The van der Waals surface area contributed by atoms with Gasteiger partial charge in [-0.3, -0.25) is 4.79 Å². The van der Waals surface area contributed by atoms with Crippen molar-refractivity contribution in [3.63, 3.8) is 0 Å². The maximum atomic E-state index is 12.2. The molecule has 3 fully saturated rings. The van der Waals surface area contributed by atoms with E-state index in [1.54, 1.807) is 0 Å². The summed E-state index contributed by atoms with van der Waals surface area (Å²) < 4.78 is 0. The molecule has 1 atom stereocenters. The Balaban J connectivity index is 1.52. The number of amides is 1. The molecule has 96 valence electrons. The second kappa shape index (κ2) is 4.97. The maximum Gasteiger partial charge on any atom is 0.225 e. The Labute approximate surface area is 104 Å². The van der Waals surface area contributed by atoms with E-state index in [1.165, 1.54) is 38.8 Å². The normalized spacial score (nSPS) is 31.5. The van der Waals surface area contributed by atoms with Gasteiger partial charge < -0.3 is 10.2 Å². The number of carbonyl (C=O) groups is 1. The van der Waals surface area contributed by atoms with Crippen molar-refractivity contribution in [3.8, 4) is 0 Å². The number of hydrogen-bond donors (Lipinski definition) is 1. The molecule has 2 aliphatic heterocycles. The lowest BCUT2D eigenvalue weighted by Gasteiger charge is -2.31. The van der Waals surface area contributed by atoms with Crippen LogP contribution in [0.15, 0.2) is 0 Å². The zero-order chi connectivity index (χ0) is 11.7. The molecule has 0 bridgehead atoms. The van der Waals surface area contributed by atoms with Crippen molar-refractivity contribution in [3.05, 3.63) is 0 Å². The van der Waals surface area contributed by atoms with Gasteiger partial charge in [-0.15, -0.1) is 0 Å². The van der Waals surface area contributed by atoms with Gasteiger partial charge >= 0.3 is 0 Å². The highest BCUT2D eigenvalue weighted by Crippen LogP contribution is 2.34. The van der Waals surface area contributed by atoms with Crippen LogP contribution in [0.2, 0.25) is 0 Å².